The van der Waals surface area contributed by atoms with E-state index in [0.29, 0.717) is 19.6 Å². The molecule has 0 bridgehead atoms. The molecule has 2 aromatic carbocycles. The van der Waals surface area contributed by atoms with Gasteiger partial charge in [-0.1, -0.05) is 58.5 Å². The van der Waals surface area contributed by atoms with Gasteiger partial charge in [-0.15, -0.1) is 0 Å². The van der Waals surface area contributed by atoms with Crippen LogP contribution in [0.2, 0.25) is 20.1 Å². The van der Waals surface area contributed by atoms with Crippen molar-refractivity contribution in [2.45, 2.75) is 13.0 Å². The summed E-state index contributed by atoms with van der Waals surface area (Å²) >= 11 is 24.7. The van der Waals surface area contributed by atoms with E-state index in [1.807, 2.05) is 6.92 Å². The lowest BCUT2D eigenvalue weighted by atomic mass is 10.1. The monoisotopic (exact) mass is 553 g/mol. The molecule has 12 heteroatoms. The van der Waals surface area contributed by atoms with Crippen molar-refractivity contribution in [2.75, 3.05) is 25.0 Å². The third kappa shape index (κ3) is 5.17. The molecule has 0 saturated carbocycles. The molecule has 1 saturated heterocycles. The van der Waals surface area contributed by atoms with E-state index in [-0.39, 0.29) is 48.6 Å². The largest absolute Gasteiger partial charge is 0.332 e. The van der Waals surface area contributed by atoms with Crippen LogP contribution < -0.4 is 10.6 Å². The molecule has 2 amide bonds. The third-order valence-corrected chi connectivity index (χ3v) is 6.76. The summed E-state index contributed by atoms with van der Waals surface area (Å²) in [5.74, 6) is -1.78. The van der Waals surface area contributed by atoms with E-state index in [9.17, 15) is 14.4 Å². The minimum Gasteiger partial charge on any atom is -0.332 e. The number of hydrogen-bond donors (Lipinski definition) is 2. The molecule has 1 aliphatic heterocycles. The van der Waals surface area contributed by atoms with Gasteiger partial charge in [0.1, 0.15) is 0 Å². The van der Waals surface area contributed by atoms with Gasteiger partial charge in [0, 0.05) is 25.7 Å². The standard InChI is InChI=1S/C23H19Cl4N5O3/c1-12-10-28-8-9-31(12)23(35)20-17(29-21(33)18-13(24)4-2-5-14(18)25)11-32(30-20)22(34)19-15(26)6-3-7-16(19)27/h2-7,11-12,28H,8-10H2,1H3,(H,29,33)/t12-/m1/s1. The number of benzene rings is 2. The van der Waals surface area contributed by atoms with Crippen LogP contribution in [0, 0.1) is 0 Å². The van der Waals surface area contributed by atoms with E-state index in [1.165, 1.54) is 30.5 Å². The number of amides is 2. The van der Waals surface area contributed by atoms with E-state index in [0.717, 1.165) is 4.68 Å². The molecule has 2 N–H and O–H groups in total. The fourth-order valence-corrected chi connectivity index (χ4v) is 4.85. The number of hydrogen-bond acceptors (Lipinski definition) is 5. The average molecular weight is 555 g/mol. The lowest BCUT2D eigenvalue weighted by molar-refractivity contribution is 0.0650. The highest BCUT2D eigenvalue weighted by atomic mass is 35.5. The number of aromatic nitrogens is 2. The Labute approximate surface area is 221 Å². The van der Waals surface area contributed by atoms with Crippen LogP contribution in [0.25, 0.3) is 0 Å². The first-order valence-electron chi connectivity index (χ1n) is 10.5. The number of rotatable bonds is 4. The number of nitrogens with zero attached hydrogens (tertiary/aromatic N) is 3. The minimum atomic E-state index is -0.667. The molecule has 0 spiro atoms. The molecule has 182 valence electrons. The van der Waals surface area contributed by atoms with E-state index in [4.69, 9.17) is 46.4 Å². The molecule has 8 nitrogen and oxygen atoms in total. The van der Waals surface area contributed by atoms with Gasteiger partial charge in [0.15, 0.2) is 5.69 Å². The fraction of sp³-hybridized carbons (Fsp3) is 0.217. The van der Waals surface area contributed by atoms with Gasteiger partial charge >= 0.3 is 0 Å². The molecule has 0 radical (unpaired) electrons. The predicted octanol–water partition coefficient (Wildman–Crippen LogP) is 4.87. The van der Waals surface area contributed by atoms with Crippen molar-refractivity contribution in [2.24, 2.45) is 0 Å². The van der Waals surface area contributed by atoms with Crippen LogP contribution in [-0.4, -0.2) is 58.1 Å². The van der Waals surface area contributed by atoms with Gasteiger partial charge < -0.3 is 15.5 Å². The summed E-state index contributed by atoms with van der Waals surface area (Å²) in [4.78, 5) is 41.3. The first-order chi connectivity index (χ1) is 16.7. The summed E-state index contributed by atoms with van der Waals surface area (Å²) in [7, 11) is 0. The summed E-state index contributed by atoms with van der Waals surface area (Å²) in [6, 6.07) is 9.14. The maximum atomic E-state index is 13.4. The second-order valence-corrected chi connectivity index (χ2v) is 9.47. The van der Waals surface area contributed by atoms with Crippen molar-refractivity contribution in [1.29, 1.82) is 0 Å². The molecule has 4 rings (SSSR count). The van der Waals surface area contributed by atoms with Crippen LogP contribution in [0.1, 0.15) is 38.1 Å². The van der Waals surface area contributed by atoms with Gasteiger partial charge in [0.2, 0.25) is 0 Å². The van der Waals surface area contributed by atoms with Crippen molar-refractivity contribution in [1.82, 2.24) is 20.0 Å². The number of carbonyl (C=O) groups excluding carboxylic acids is 3. The smallest absolute Gasteiger partial charge is 0.281 e. The number of anilines is 1. The first-order valence-corrected chi connectivity index (χ1v) is 12.1. The maximum Gasteiger partial charge on any atom is 0.281 e. The Morgan fingerprint density at radius 3 is 2.09 bits per heavy atom. The summed E-state index contributed by atoms with van der Waals surface area (Å²) < 4.78 is 0.928. The number of carbonyl (C=O) groups is 3. The highest BCUT2D eigenvalue weighted by Crippen LogP contribution is 2.28. The van der Waals surface area contributed by atoms with Crippen LogP contribution in [0.15, 0.2) is 42.6 Å². The van der Waals surface area contributed by atoms with E-state index in [1.54, 1.807) is 17.0 Å². The highest BCUT2D eigenvalue weighted by molar-refractivity contribution is 6.41. The number of halogens is 4. The zero-order valence-electron chi connectivity index (χ0n) is 18.3. The molecule has 2 heterocycles. The van der Waals surface area contributed by atoms with Crippen LogP contribution >= 0.6 is 46.4 Å². The quantitative estimate of drug-likeness (QED) is 0.479. The molecule has 0 aliphatic carbocycles. The third-order valence-electron chi connectivity index (χ3n) is 5.50. The first kappa shape index (κ1) is 25.5. The molecule has 35 heavy (non-hydrogen) atoms. The van der Waals surface area contributed by atoms with Crippen molar-refractivity contribution in [3.8, 4) is 0 Å². The Bertz CT molecular complexity index is 1290. The molecular formula is C23H19Cl4N5O3. The van der Waals surface area contributed by atoms with E-state index >= 15 is 0 Å². The zero-order chi connectivity index (χ0) is 25.3. The lowest BCUT2D eigenvalue weighted by Gasteiger charge is -2.33. The van der Waals surface area contributed by atoms with Crippen LogP contribution in [0.3, 0.4) is 0 Å². The van der Waals surface area contributed by atoms with Crippen molar-refractivity contribution in [3.05, 3.63) is 79.5 Å². The topological polar surface area (TPSA) is 96.3 Å². The van der Waals surface area contributed by atoms with Crippen LogP contribution in [-0.2, 0) is 0 Å². The average Bonchev–Trinajstić information content (AvgIpc) is 3.22. The molecule has 1 aromatic heterocycles. The second kappa shape index (κ2) is 10.6. The molecular weight excluding hydrogens is 536 g/mol. The van der Waals surface area contributed by atoms with Crippen molar-refractivity contribution in [3.63, 3.8) is 0 Å². The SMILES string of the molecule is C[C@@H]1CNCCN1C(=O)c1nn(C(=O)c2c(Cl)cccc2Cl)cc1NC(=O)c1c(Cl)cccc1Cl. The summed E-state index contributed by atoms with van der Waals surface area (Å²) in [5.41, 5.74) is -0.0667. The Morgan fingerprint density at radius 2 is 1.51 bits per heavy atom. The summed E-state index contributed by atoms with van der Waals surface area (Å²) in [6.07, 6.45) is 1.24. The zero-order valence-corrected chi connectivity index (χ0v) is 21.3. The van der Waals surface area contributed by atoms with Crippen molar-refractivity contribution >= 4 is 69.8 Å². The minimum absolute atomic E-state index is 0.0123. The normalized spacial score (nSPS) is 15.7. The molecule has 3 aromatic rings. The lowest BCUT2D eigenvalue weighted by Crippen LogP contribution is -2.52. The molecule has 1 atom stereocenters. The summed E-state index contributed by atoms with van der Waals surface area (Å²) in [5, 5.41) is 10.6. The van der Waals surface area contributed by atoms with Gasteiger partial charge in [-0.2, -0.15) is 5.10 Å². The van der Waals surface area contributed by atoms with Gasteiger partial charge in [0.25, 0.3) is 17.7 Å². The van der Waals surface area contributed by atoms with E-state index < -0.39 is 17.7 Å². The summed E-state index contributed by atoms with van der Waals surface area (Å²) in [6.45, 7) is 3.51. The van der Waals surface area contributed by atoms with Crippen molar-refractivity contribution < 1.29 is 14.4 Å². The Hall–Kier alpha value is -2.62. The number of nitrogens with one attached hydrogen (secondary N) is 2. The second-order valence-electron chi connectivity index (χ2n) is 7.84. The highest BCUT2D eigenvalue weighted by Gasteiger charge is 2.31. The van der Waals surface area contributed by atoms with Crippen LogP contribution in [0.5, 0.6) is 0 Å². The van der Waals surface area contributed by atoms with Gasteiger partial charge in [-0.3, -0.25) is 14.4 Å². The number of piperazine rings is 1. The van der Waals surface area contributed by atoms with Gasteiger partial charge in [-0.25, -0.2) is 4.68 Å². The molecule has 1 aliphatic rings. The van der Waals surface area contributed by atoms with Gasteiger partial charge in [0.05, 0.1) is 43.1 Å². The maximum absolute atomic E-state index is 13.4. The Morgan fingerprint density at radius 1 is 0.943 bits per heavy atom. The Kier molecular flexibility index (Phi) is 7.68. The molecule has 1 fully saturated rings. The Balaban J connectivity index is 1.76. The predicted molar refractivity (Wildman–Crippen MR) is 136 cm³/mol. The van der Waals surface area contributed by atoms with Gasteiger partial charge in [-0.05, 0) is 31.2 Å². The molecule has 0 unspecified atom stereocenters. The van der Waals surface area contributed by atoms with E-state index in [2.05, 4.69) is 15.7 Å². The fourth-order valence-electron chi connectivity index (χ4n) is 3.72. The van der Waals surface area contributed by atoms with Crippen LogP contribution in [0.4, 0.5) is 5.69 Å².